The van der Waals surface area contributed by atoms with Crippen LogP contribution < -0.4 is 24.8 Å². The van der Waals surface area contributed by atoms with E-state index in [2.05, 4.69) is 26.7 Å². The van der Waals surface area contributed by atoms with Gasteiger partial charge < -0.3 is 24.8 Å². The third-order valence-corrected chi connectivity index (χ3v) is 4.40. The highest BCUT2D eigenvalue weighted by molar-refractivity contribution is 5.65. The van der Waals surface area contributed by atoms with Gasteiger partial charge in [-0.25, -0.2) is 4.98 Å². The highest BCUT2D eigenvalue weighted by atomic mass is 16.5. The van der Waals surface area contributed by atoms with Crippen LogP contribution in [0.25, 0.3) is 0 Å². The third-order valence-electron chi connectivity index (χ3n) is 4.40. The second kappa shape index (κ2) is 9.64. The molecule has 2 aromatic carbocycles. The number of benzene rings is 2. The normalized spacial score (nSPS) is 10.3. The summed E-state index contributed by atoms with van der Waals surface area (Å²) in [6, 6.07) is 15.5. The number of nitrogens with zero attached hydrogens (tertiary/aromatic N) is 2. The summed E-state index contributed by atoms with van der Waals surface area (Å²) in [6.07, 6.45) is 0.822. The Labute approximate surface area is 171 Å². The lowest BCUT2D eigenvalue weighted by Crippen LogP contribution is -2.09. The lowest BCUT2D eigenvalue weighted by atomic mass is 10.1. The van der Waals surface area contributed by atoms with Crippen molar-refractivity contribution in [2.24, 2.45) is 0 Å². The molecule has 2 N–H and O–H groups in total. The fourth-order valence-electron chi connectivity index (χ4n) is 2.97. The molecule has 1 heterocycles. The first-order valence-corrected chi connectivity index (χ1v) is 9.33. The van der Waals surface area contributed by atoms with E-state index in [1.807, 2.05) is 49.4 Å². The molecule has 0 amide bonds. The van der Waals surface area contributed by atoms with Gasteiger partial charge in [0.05, 0.1) is 27.0 Å². The molecule has 0 aliphatic rings. The number of rotatable bonds is 9. The van der Waals surface area contributed by atoms with Crippen molar-refractivity contribution in [1.82, 2.24) is 9.97 Å². The van der Waals surface area contributed by atoms with Gasteiger partial charge in [0.15, 0.2) is 0 Å². The second-order valence-electron chi connectivity index (χ2n) is 6.40. The Morgan fingerprint density at radius 3 is 2.41 bits per heavy atom. The number of aromatic nitrogens is 2. The number of hydrogen-bond donors (Lipinski definition) is 2. The summed E-state index contributed by atoms with van der Waals surface area (Å²) in [4.78, 5) is 9.04. The Bertz CT molecular complexity index is 963. The molecule has 0 saturated carbocycles. The van der Waals surface area contributed by atoms with E-state index in [1.54, 1.807) is 21.3 Å². The van der Waals surface area contributed by atoms with Crippen molar-refractivity contribution in [3.05, 3.63) is 59.8 Å². The van der Waals surface area contributed by atoms with Crippen molar-refractivity contribution in [3.8, 4) is 17.2 Å². The van der Waals surface area contributed by atoms with E-state index >= 15 is 0 Å². The number of anilines is 3. The lowest BCUT2D eigenvalue weighted by Gasteiger charge is -2.13. The molecule has 1 aromatic heterocycles. The zero-order valence-electron chi connectivity index (χ0n) is 17.2. The van der Waals surface area contributed by atoms with Crippen molar-refractivity contribution in [1.29, 1.82) is 0 Å². The van der Waals surface area contributed by atoms with Gasteiger partial charge in [0.1, 0.15) is 23.1 Å². The maximum Gasteiger partial charge on any atom is 0.229 e. The van der Waals surface area contributed by atoms with Crippen molar-refractivity contribution in [2.45, 2.75) is 13.3 Å². The molecule has 0 saturated heterocycles. The van der Waals surface area contributed by atoms with Gasteiger partial charge in [0.25, 0.3) is 0 Å². The molecule has 0 aliphatic carbocycles. The van der Waals surface area contributed by atoms with Crippen LogP contribution in [0.1, 0.15) is 11.3 Å². The summed E-state index contributed by atoms with van der Waals surface area (Å²) in [5.74, 6) is 3.51. The molecule has 29 heavy (non-hydrogen) atoms. The molecule has 3 rings (SSSR count). The van der Waals surface area contributed by atoms with Gasteiger partial charge in [-0.15, -0.1) is 0 Å². The number of para-hydroxylation sites is 1. The van der Waals surface area contributed by atoms with Crippen LogP contribution >= 0.6 is 0 Å². The second-order valence-corrected chi connectivity index (χ2v) is 6.40. The molecule has 0 unspecified atom stereocenters. The maximum absolute atomic E-state index is 5.43. The van der Waals surface area contributed by atoms with E-state index in [4.69, 9.17) is 14.2 Å². The Morgan fingerprint density at radius 1 is 0.862 bits per heavy atom. The lowest BCUT2D eigenvalue weighted by molar-refractivity contribution is 0.395. The maximum atomic E-state index is 5.43. The smallest absolute Gasteiger partial charge is 0.229 e. The Kier molecular flexibility index (Phi) is 6.73. The zero-order valence-corrected chi connectivity index (χ0v) is 17.2. The largest absolute Gasteiger partial charge is 0.497 e. The van der Waals surface area contributed by atoms with Crippen LogP contribution in [-0.4, -0.2) is 37.8 Å². The van der Waals surface area contributed by atoms with Gasteiger partial charge in [-0.3, -0.25) is 0 Å². The van der Waals surface area contributed by atoms with Crippen LogP contribution in [0, 0.1) is 6.92 Å². The predicted octanol–water partition coefficient (Wildman–Crippen LogP) is 4.21. The predicted molar refractivity (Wildman–Crippen MR) is 115 cm³/mol. The van der Waals surface area contributed by atoms with Crippen LogP contribution in [0.3, 0.4) is 0 Å². The minimum absolute atomic E-state index is 0.494. The summed E-state index contributed by atoms with van der Waals surface area (Å²) in [6.45, 7) is 2.66. The molecule has 3 aromatic rings. The van der Waals surface area contributed by atoms with E-state index in [0.29, 0.717) is 11.7 Å². The number of nitrogens with one attached hydrogen (secondary N) is 2. The minimum atomic E-state index is 0.494. The van der Waals surface area contributed by atoms with E-state index in [1.165, 1.54) is 0 Å². The van der Waals surface area contributed by atoms with Crippen molar-refractivity contribution in [2.75, 3.05) is 38.5 Å². The molecule has 0 spiro atoms. The molecule has 0 fully saturated rings. The Balaban J connectivity index is 1.70. The minimum Gasteiger partial charge on any atom is -0.497 e. The van der Waals surface area contributed by atoms with Gasteiger partial charge in [0, 0.05) is 24.4 Å². The zero-order chi connectivity index (χ0) is 20.6. The third kappa shape index (κ3) is 5.28. The SMILES string of the molecule is COc1ccc(Nc2nc(C)cc(NCCc3ccccc3OC)n2)c(OC)c1. The standard InChI is InChI=1S/C22H26N4O3/c1-15-13-21(23-12-11-16-7-5-6-8-19(16)28-3)26-22(24-15)25-18-10-9-17(27-2)14-20(18)29-4/h5-10,13-14H,11-12H2,1-4H3,(H2,23,24,25,26). The number of methoxy groups -OCH3 is 3. The summed E-state index contributed by atoms with van der Waals surface area (Å²) in [5, 5.41) is 6.58. The van der Waals surface area contributed by atoms with Crippen molar-refractivity contribution < 1.29 is 14.2 Å². The molecule has 7 heteroatoms. The Morgan fingerprint density at radius 2 is 1.66 bits per heavy atom. The van der Waals surface area contributed by atoms with E-state index < -0.39 is 0 Å². The number of hydrogen-bond acceptors (Lipinski definition) is 7. The molecule has 0 aliphatic heterocycles. The molecule has 0 bridgehead atoms. The van der Waals surface area contributed by atoms with Crippen molar-refractivity contribution >= 4 is 17.5 Å². The monoisotopic (exact) mass is 394 g/mol. The summed E-state index contributed by atoms with van der Waals surface area (Å²) in [5.41, 5.74) is 2.77. The topological polar surface area (TPSA) is 77.5 Å². The summed E-state index contributed by atoms with van der Waals surface area (Å²) >= 11 is 0. The van der Waals surface area contributed by atoms with Crippen LogP contribution in [-0.2, 0) is 6.42 Å². The van der Waals surface area contributed by atoms with Gasteiger partial charge in [0.2, 0.25) is 5.95 Å². The van der Waals surface area contributed by atoms with Crippen LogP contribution in [0.2, 0.25) is 0 Å². The van der Waals surface area contributed by atoms with Crippen LogP contribution in [0.5, 0.6) is 17.2 Å². The van der Waals surface area contributed by atoms with Gasteiger partial charge in [-0.1, -0.05) is 18.2 Å². The highest BCUT2D eigenvalue weighted by Gasteiger charge is 2.09. The molecule has 0 atom stereocenters. The van der Waals surface area contributed by atoms with Gasteiger partial charge in [-0.05, 0) is 37.1 Å². The summed E-state index contributed by atoms with van der Waals surface area (Å²) in [7, 11) is 4.92. The average molecular weight is 394 g/mol. The first-order chi connectivity index (χ1) is 14.1. The molecular weight excluding hydrogens is 368 g/mol. The van der Waals surface area contributed by atoms with Crippen LogP contribution in [0.4, 0.5) is 17.5 Å². The first kappa shape index (κ1) is 20.3. The fraction of sp³-hybridized carbons (Fsp3) is 0.273. The number of ether oxygens (including phenoxy) is 3. The van der Waals surface area contributed by atoms with Crippen LogP contribution in [0.15, 0.2) is 48.5 Å². The molecular formula is C22H26N4O3. The van der Waals surface area contributed by atoms with Gasteiger partial charge in [-0.2, -0.15) is 4.98 Å². The average Bonchev–Trinajstić information content (AvgIpc) is 2.74. The molecule has 152 valence electrons. The fourth-order valence-corrected chi connectivity index (χ4v) is 2.97. The van der Waals surface area contributed by atoms with E-state index in [9.17, 15) is 0 Å². The van der Waals surface area contributed by atoms with Gasteiger partial charge >= 0.3 is 0 Å². The first-order valence-electron chi connectivity index (χ1n) is 9.33. The summed E-state index contributed by atoms with van der Waals surface area (Å²) < 4.78 is 16.1. The van der Waals surface area contributed by atoms with E-state index in [0.717, 1.165) is 47.2 Å². The Hall–Kier alpha value is -3.48. The number of aryl methyl sites for hydroxylation is 1. The molecule has 0 radical (unpaired) electrons. The highest BCUT2D eigenvalue weighted by Crippen LogP contribution is 2.31. The molecule has 7 nitrogen and oxygen atoms in total. The van der Waals surface area contributed by atoms with E-state index in [-0.39, 0.29) is 0 Å². The van der Waals surface area contributed by atoms with Crippen molar-refractivity contribution in [3.63, 3.8) is 0 Å². The quantitative estimate of drug-likeness (QED) is 0.563.